The maximum atomic E-state index is 12.5. The zero-order valence-electron chi connectivity index (χ0n) is 10.5. The number of nitrogens with two attached hydrogens (primary N) is 1. The van der Waals surface area contributed by atoms with E-state index in [9.17, 15) is 4.79 Å². The second kappa shape index (κ2) is 4.72. The van der Waals surface area contributed by atoms with E-state index in [0.29, 0.717) is 11.3 Å². The molecule has 1 amide bonds. The van der Waals surface area contributed by atoms with Gasteiger partial charge in [0.2, 0.25) is 0 Å². The normalized spacial score (nSPS) is 14.0. The molecule has 0 radical (unpaired) electrons. The maximum Gasteiger partial charge on any atom is 0.259 e. The summed E-state index contributed by atoms with van der Waals surface area (Å²) >= 11 is 0. The molecule has 1 aromatic carbocycles. The third kappa shape index (κ3) is 2.17. The van der Waals surface area contributed by atoms with Crippen LogP contribution in [0.4, 0.5) is 11.4 Å². The number of nitrogen functional groups attached to an aromatic ring is 1. The molecule has 0 spiro atoms. The van der Waals surface area contributed by atoms with Crippen LogP contribution < -0.4 is 10.6 Å². The minimum atomic E-state index is -0.0142. The van der Waals surface area contributed by atoms with Crippen molar-refractivity contribution < 1.29 is 4.79 Å². The number of aromatic nitrogens is 1. The van der Waals surface area contributed by atoms with Gasteiger partial charge in [-0.15, -0.1) is 0 Å². The van der Waals surface area contributed by atoms with Crippen molar-refractivity contribution in [1.29, 1.82) is 0 Å². The SMILES string of the molecule is Nc1ccc2c(c1)N(C(=O)c1cccnc1)CCC2. The molecule has 0 fully saturated rings. The molecular formula is C15H15N3O. The van der Waals surface area contributed by atoms with Crippen LogP contribution in [0.2, 0.25) is 0 Å². The fourth-order valence-electron chi connectivity index (χ4n) is 2.45. The summed E-state index contributed by atoms with van der Waals surface area (Å²) in [6.07, 6.45) is 5.23. The molecule has 0 saturated heterocycles. The number of fused-ring (bicyclic) bond motifs is 1. The number of carbonyl (C=O) groups excluding carboxylic acids is 1. The summed E-state index contributed by atoms with van der Waals surface area (Å²) in [5, 5.41) is 0. The molecule has 19 heavy (non-hydrogen) atoms. The van der Waals surface area contributed by atoms with Crippen molar-refractivity contribution in [1.82, 2.24) is 4.98 Å². The van der Waals surface area contributed by atoms with Crippen LogP contribution >= 0.6 is 0 Å². The molecule has 1 aromatic heterocycles. The molecule has 0 saturated carbocycles. The van der Waals surface area contributed by atoms with Crippen molar-refractivity contribution in [3.63, 3.8) is 0 Å². The highest BCUT2D eigenvalue weighted by Crippen LogP contribution is 2.30. The van der Waals surface area contributed by atoms with Crippen LogP contribution in [0.3, 0.4) is 0 Å². The van der Waals surface area contributed by atoms with Crippen molar-refractivity contribution in [2.45, 2.75) is 12.8 Å². The molecule has 96 valence electrons. The number of pyridine rings is 1. The Kier molecular flexibility index (Phi) is 2.91. The van der Waals surface area contributed by atoms with Crippen LogP contribution in [-0.4, -0.2) is 17.4 Å². The summed E-state index contributed by atoms with van der Waals surface area (Å²) in [5.41, 5.74) is 9.24. The van der Waals surface area contributed by atoms with Gasteiger partial charge >= 0.3 is 0 Å². The van der Waals surface area contributed by atoms with E-state index in [4.69, 9.17) is 5.73 Å². The first-order valence-corrected chi connectivity index (χ1v) is 6.36. The van der Waals surface area contributed by atoms with Gasteiger partial charge in [0.15, 0.2) is 0 Å². The summed E-state index contributed by atoms with van der Waals surface area (Å²) in [6.45, 7) is 0.726. The Labute approximate surface area is 111 Å². The number of rotatable bonds is 1. The third-order valence-electron chi connectivity index (χ3n) is 3.38. The molecular weight excluding hydrogens is 238 g/mol. The topological polar surface area (TPSA) is 59.2 Å². The predicted molar refractivity (Wildman–Crippen MR) is 75.1 cm³/mol. The highest BCUT2D eigenvalue weighted by atomic mass is 16.2. The fourth-order valence-corrected chi connectivity index (χ4v) is 2.45. The highest BCUT2D eigenvalue weighted by molar-refractivity contribution is 6.06. The van der Waals surface area contributed by atoms with E-state index in [0.717, 1.165) is 25.1 Å². The summed E-state index contributed by atoms with van der Waals surface area (Å²) < 4.78 is 0. The van der Waals surface area contributed by atoms with E-state index in [1.165, 1.54) is 5.56 Å². The van der Waals surface area contributed by atoms with E-state index >= 15 is 0 Å². The largest absolute Gasteiger partial charge is 0.399 e. The zero-order valence-corrected chi connectivity index (χ0v) is 10.5. The lowest BCUT2D eigenvalue weighted by atomic mass is 10.0. The first kappa shape index (κ1) is 11.7. The van der Waals surface area contributed by atoms with E-state index in [1.807, 2.05) is 18.2 Å². The number of anilines is 2. The molecule has 0 aliphatic carbocycles. The number of carbonyl (C=O) groups is 1. The summed E-state index contributed by atoms with van der Waals surface area (Å²) in [5.74, 6) is -0.0142. The molecule has 0 atom stereocenters. The van der Waals surface area contributed by atoms with Crippen molar-refractivity contribution in [3.05, 3.63) is 53.9 Å². The van der Waals surface area contributed by atoms with Gasteiger partial charge in [-0.05, 0) is 42.7 Å². The lowest BCUT2D eigenvalue weighted by Gasteiger charge is -2.29. The lowest BCUT2D eigenvalue weighted by Crippen LogP contribution is -2.35. The zero-order chi connectivity index (χ0) is 13.2. The Morgan fingerprint density at radius 1 is 1.32 bits per heavy atom. The Morgan fingerprint density at radius 2 is 2.21 bits per heavy atom. The highest BCUT2D eigenvalue weighted by Gasteiger charge is 2.23. The van der Waals surface area contributed by atoms with E-state index in [1.54, 1.807) is 29.4 Å². The molecule has 2 N–H and O–H groups in total. The quantitative estimate of drug-likeness (QED) is 0.793. The molecule has 1 aliphatic rings. The summed E-state index contributed by atoms with van der Waals surface area (Å²) in [7, 11) is 0. The number of amides is 1. The molecule has 0 unspecified atom stereocenters. The van der Waals surface area contributed by atoms with Crippen LogP contribution in [0.5, 0.6) is 0 Å². The van der Waals surface area contributed by atoms with E-state index < -0.39 is 0 Å². The van der Waals surface area contributed by atoms with Crippen LogP contribution in [0, 0.1) is 0 Å². The van der Waals surface area contributed by atoms with E-state index in [-0.39, 0.29) is 5.91 Å². The maximum absolute atomic E-state index is 12.5. The smallest absolute Gasteiger partial charge is 0.259 e. The predicted octanol–water partition coefficient (Wildman–Crippen LogP) is 2.26. The van der Waals surface area contributed by atoms with Gasteiger partial charge in [0.05, 0.1) is 5.56 Å². The van der Waals surface area contributed by atoms with Crippen LogP contribution in [0.15, 0.2) is 42.7 Å². The first-order chi connectivity index (χ1) is 9.25. The monoisotopic (exact) mass is 253 g/mol. The molecule has 3 rings (SSSR count). The number of nitrogens with zero attached hydrogens (tertiary/aromatic N) is 2. The standard InChI is InChI=1S/C15H15N3O/c16-13-6-5-11-4-2-8-18(14(11)9-13)15(19)12-3-1-7-17-10-12/h1,3,5-7,9-10H,2,4,8,16H2. The second-order valence-electron chi connectivity index (χ2n) is 4.69. The molecule has 1 aliphatic heterocycles. The molecule has 2 aromatic rings. The molecule has 4 nitrogen and oxygen atoms in total. The number of hydrogen-bond acceptors (Lipinski definition) is 3. The average Bonchev–Trinajstić information content (AvgIpc) is 2.47. The Hall–Kier alpha value is -2.36. The van der Waals surface area contributed by atoms with E-state index in [2.05, 4.69) is 4.98 Å². The van der Waals surface area contributed by atoms with Gasteiger partial charge in [0.25, 0.3) is 5.91 Å². The van der Waals surface area contributed by atoms with Gasteiger partial charge in [-0.1, -0.05) is 6.07 Å². The third-order valence-corrected chi connectivity index (χ3v) is 3.38. The van der Waals surface area contributed by atoms with Gasteiger partial charge in [-0.2, -0.15) is 0 Å². The minimum absolute atomic E-state index is 0.0142. The Bertz CT molecular complexity index is 610. The molecule has 0 bridgehead atoms. The number of benzene rings is 1. The van der Waals surface area contributed by atoms with Crippen LogP contribution in [0.1, 0.15) is 22.3 Å². The molecule has 4 heteroatoms. The lowest BCUT2D eigenvalue weighted by molar-refractivity contribution is 0.0985. The number of aryl methyl sites for hydroxylation is 1. The van der Waals surface area contributed by atoms with Gasteiger partial charge < -0.3 is 10.6 Å². The van der Waals surface area contributed by atoms with Crippen LogP contribution in [0.25, 0.3) is 0 Å². The summed E-state index contributed by atoms with van der Waals surface area (Å²) in [6, 6.07) is 9.33. The number of hydrogen-bond donors (Lipinski definition) is 1. The van der Waals surface area contributed by atoms with Crippen molar-refractivity contribution >= 4 is 17.3 Å². The summed E-state index contributed by atoms with van der Waals surface area (Å²) in [4.78, 5) is 18.3. The second-order valence-corrected chi connectivity index (χ2v) is 4.69. The average molecular weight is 253 g/mol. The van der Waals surface area contributed by atoms with Gasteiger partial charge in [0.1, 0.15) is 0 Å². The van der Waals surface area contributed by atoms with Gasteiger partial charge in [-0.3, -0.25) is 9.78 Å². The fraction of sp³-hybridized carbons (Fsp3) is 0.200. The molecule has 2 heterocycles. The van der Waals surface area contributed by atoms with Gasteiger partial charge in [-0.25, -0.2) is 0 Å². The van der Waals surface area contributed by atoms with Crippen molar-refractivity contribution in [2.75, 3.05) is 17.2 Å². The Morgan fingerprint density at radius 3 is 3.00 bits per heavy atom. The first-order valence-electron chi connectivity index (χ1n) is 6.36. The van der Waals surface area contributed by atoms with Crippen LogP contribution in [-0.2, 0) is 6.42 Å². The van der Waals surface area contributed by atoms with Gasteiger partial charge in [0, 0.05) is 30.3 Å². The van der Waals surface area contributed by atoms with Crippen molar-refractivity contribution in [2.24, 2.45) is 0 Å². The Balaban J connectivity index is 2.00. The minimum Gasteiger partial charge on any atom is -0.399 e. The van der Waals surface area contributed by atoms with Crippen molar-refractivity contribution in [3.8, 4) is 0 Å².